The molecule has 0 unspecified atom stereocenters. The quantitative estimate of drug-likeness (QED) is 0.631. The van der Waals surface area contributed by atoms with Crippen molar-refractivity contribution < 1.29 is 14.7 Å². The van der Waals surface area contributed by atoms with Gasteiger partial charge in [-0.1, -0.05) is 6.92 Å². The normalized spacial score (nSPS) is 48.1. The maximum atomic E-state index is 11.8. The van der Waals surface area contributed by atoms with Crippen LogP contribution < -0.4 is 0 Å². The average molecular weight is 196 g/mol. The van der Waals surface area contributed by atoms with E-state index in [2.05, 4.69) is 0 Å². The Balaban J connectivity index is 2.51. The molecular weight excluding hydrogens is 180 g/mol. The maximum absolute atomic E-state index is 11.8. The predicted octanol–water partition coefficient (Wildman–Crippen LogP) is 1.09. The summed E-state index contributed by atoms with van der Waals surface area (Å²) in [4.78, 5) is 23.7. The third kappa shape index (κ3) is 0.862. The van der Waals surface area contributed by atoms with Crippen LogP contribution in [0.3, 0.4) is 0 Å². The molecular formula is C11H16O3. The second-order valence-corrected chi connectivity index (χ2v) is 4.94. The Morgan fingerprint density at radius 1 is 1.21 bits per heavy atom. The lowest BCUT2D eigenvalue weighted by Crippen LogP contribution is -2.53. The molecule has 1 N–H and O–H groups in total. The zero-order chi connectivity index (χ0) is 10.6. The monoisotopic (exact) mass is 196 g/mol. The second-order valence-electron chi connectivity index (χ2n) is 4.94. The molecule has 2 rings (SSSR count). The van der Waals surface area contributed by atoms with E-state index in [0.29, 0.717) is 25.7 Å². The van der Waals surface area contributed by atoms with E-state index in [1.165, 1.54) is 0 Å². The van der Waals surface area contributed by atoms with Crippen LogP contribution in [0.1, 0.15) is 39.5 Å². The Hall–Kier alpha value is -0.700. The van der Waals surface area contributed by atoms with Crippen molar-refractivity contribution in [3.63, 3.8) is 0 Å². The van der Waals surface area contributed by atoms with Gasteiger partial charge in [0.25, 0.3) is 0 Å². The van der Waals surface area contributed by atoms with Crippen LogP contribution in [-0.4, -0.2) is 22.8 Å². The number of carbonyl (C=O) groups excluding carboxylic acids is 2. The summed E-state index contributed by atoms with van der Waals surface area (Å²) in [6.45, 7) is 3.59. The van der Waals surface area contributed by atoms with Gasteiger partial charge in [0.05, 0.1) is 11.5 Å². The van der Waals surface area contributed by atoms with Crippen LogP contribution in [0.25, 0.3) is 0 Å². The molecule has 3 heteroatoms. The van der Waals surface area contributed by atoms with E-state index < -0.39 is 16.9 Å². The molecule has 2 saturated carbocycles. The molecule has 2 aliphatic rings. The van der Waals surface area contributed by atoms with E-state index in [-0.39, 0.29) is 11.6 Å². The zero-order valence-electron chi connectivity index (χ0n) is 8.67. The Morgan fingerprint density at radius 2 is 1.79 bits per heavy atom. The van der Waals surface area contributed by atoms with Gasteiger partial charge in [-0.05, 0) is 19.8 Å². The largest absolute Gasteiger partial charge is 0.392 e. The van der Waals surface area contributed by atoms with Crippen LogP contribution in [0.15, 0.2) is 0 Å². The van der Waals surface area contributed by atoms with Gasteiger partial charge < -0.3 is 5.11 Å². The molecule has 78 valence electrons. The molecule has 0 aromatic heterocycles. The van der Waals surface area contributed by atoms with E-state index in [0.717, 1.165) is 0 Å². The molecule has 0 radical (unpaired) electrons. The molecule has 0 aromatic carbocycles. The smallest absolute Gasteiger partial charge is 0.142 e. The van der Waals surface area contributed by atoms with E-state index >= 15 is 0 Å². The SMILES string of the molecule is C[C@]12CC[C@@H](O)[C@@]1(C)C(=O)CCC2=O. The average Bonchev–Trinajstić information content (AvgIpc) is 2.39. The number of ketones is 2. The summed E-state index contributed by atoms with van der Waals surface area (Å²) in [5, 5.41) is 9.86. The Labute approximate surface area is 83.5 Å². The van der Waals surface area contributed by atoms with Gasteiger partial charge >= 0.3 is 0 Å². The second kappa shape index (κ2) is 2.66. The van der Waals surface area contributed by atoms with Crippen molar-refractivity contribution in [3.05, 3.63) is 0 Å². The van der Waals surface area contributed by atoms with Gasteiger partial charge in [0.1, 0.15) is 11.6 Å². The van der Waals surface area contributed by atoms with Gasteiger partial charge in [-0.15, -0.1) is 0 Å². The molecule has 2 aliphatic carbocycles. The van der Waals surface area contributed by atoms with Crippen LogP contribution in [0, 0.1) is 10.8 Å². The first-order valence-electron chi connectivity index (χ1n) is 5.17. The number of rotatable bonds is 0. The molecule has 0 amide bonds. The van der Waals surface area contributed by atoms with Crippen LogP contribution in [0.5, 0.6) is 0 Å². The summed E-state index contributed by atoms with van der Waals surface area (Å²) in [6, 6.07) is 0. The Kier molecular flexibility index (Phi) is 1.87. The fourth-order valence-electron chi connectivity index (χ4n) is 3.03. The van der Waals surface area contributed by atoms with E-state index in [1.54, 1.807) is 6.92 Å². The Morgan fingerprint density at radius 3 is 2.36 bits per heavy atom. The zero-order valence-corrected chi connectivity index (χ0v) is 8.67. The van der Waals surface area contributed by atoms with E-state index in [9.17, 15) is 14.7 Å². The number of fused-ring (bicyclic) bond motifs is 1. The fourth-order valence-corrected chi connectivity index (χ4v) is 3.03. The summed E-state index contributed by atoms with van der Waals surface area (Å²) < 4.78 is 0. The minimum atomic E-state index is -0.817. The van der Waals surface area contributed by atoms with Crippen LogP contribution in [-0.2, 0) is 9.59 Å². The first-order valence-corrected chi connectivity index (χ1v) is 5.17. The topological polar surface area (TPSA) is 54.4 Å². The summed E-state index contributed by atoms with van der Waals surface area (Å²) in [5.41, 5.74) is -1.43. The van der Waals surface area contributed by atoms with Crippen LogP contribution in [0.2, 0.25) is 0 Å². The molecule has 0 heterocycles. The number of aliphatic hydroxyl groups is 1. The van der Waals surface area contributed by atoms with Crippen molar-refractivity contribution in [1.82, 2.24) is 0 Å². The third-order valence-corrected chi connectivity index (χ3v) is 4.50. The molecule has 3 atom stereocenters. The molecule has 0 bridgehead atoms. The summed E-state index contributed by atoms with van der Waals surface area (Å²) in [5.74, 6) is 0.209. The first kappa shape index (κ1) is 9.84. The molecule has 3 nitrogen and oxygen atoms in total. The van der Waals surface area contributed by atoms with Crippen molar-refractivity contribution in [1.29, 1.82) is 0 Å². The van der Waals surface area contributed by atoms with Crippen molar-refractivity contribution in [2.24, 2.45) is 10.8 Å². The number of aliphatic hydroxyl groups excluding tert-OH is 1. The highest BCUT2D eigenvalue weighted by molar-refractivity contribution is 6.01. The molecule has 0 saturated heterocycles. The number of hydrogen-bond donors (Lipinski definition) is 1. The van der Waals surface area contributed by atoms with Crippen molar-refractivity contribution >= 4 is 11.6 Å². The lowest BCUT2D eigenvalue weighted by atomic mass is 9.58. The minimum Gasteiger partial charge on any atom is -0.392 e. The molecule has 0 spiro atoms. The van der Waals surface area contributed by atoms with E-state index in [4.69, 9.17) is 0 Å². The number of Topliss-reactive ketones (excluding diaryl/α,β-unsaturated/α-hetero) is 2. The first-order chi connectivity index (χ1) is 6.43. The lowest BCUT2D eigenvalue weighted by molar-refractivity contribution is -0.156. The van der Waals surface area contributed by atoms with Gasteiger partial charge in [-0.25, -0.2) is 0 Å². The minimum absolute atomic E-state index is 0.0598. The molecule has 0 aromatic rings. The van der Waals surface area contributed by atoms with Gasteiger partial charge in [-0.2, -0.15) is 0 Å². The maximum Gasteiger partial charge on any atom is 0.142 e. The number of carbonyl (C=O) groups is 2. The van der Waals surface area contributed by atoms with Gasteiger partial charge in [0.2, 0.25) is 0 Å². The van der Waals surface area contributed by atoms with Crippen molar-refractivity contribution in [3.8, 4) is 0 Å². The third-order valence-electron chi connectivity index (χ3n) is 4.50. The van der Waals surface area contributed by atoms with Crippen LogP contribution in [0.4, 0.5) is 0 Å². The van der Waals surface area contributed by atoms with Gasteiger partial charge in [0.15, 0.2) is 0 Å². The molecule has 14 heavy (non-hydrogen) atoms. The molecule has 0 aliphatic heterocycles. The highest BCUT2D eigenvalue weighted by atomic mass is 16.3. The highest BCUT2D eigenvalue weighted by Gasteiger charge is 2.63. The van der Waals surface area contributed by atoms with E-state index in [1.807, 2.05) is 6.92 Å². The van der Waals surface area contributed by atoms with Gasteiger partial charge in [-0.3, -0.25) is 9.59 Å². The Bertz CT molecular complexity index is 310. The molecule has 2 fully saturated rings. The van der Waals surface area contributed by atoms with Crippen molar-refractivity contribution in [2.75, 3.05) is 0 Å². The van der Waals surface area contributed by atoms with Gasteiger partial charge in [0, 0.05) is 18.3 Å². The van der Waals surface area contributed by atoms with Crippen LogP contribution >= 0.6 is 0 Å². The standard InChI is InChI=1S/C11H16O3/c1-10-6-5-9(14)11(10,2)8(13)4-3-7(10)12/h9,14H,3-6H2,1-2H3/t9-,10-,11-/m1/s1. The van der Waals surface area contributed by atoms with Crippen molar-refractivity contribution in [2.45, 2.75) is 45.6 Å². The summed E-state index contributed by atoms with van der Waals surface area (Å²) in [6.07, 6.45) is 1.25. The summed E-state index contributed by atoms with van der Waals surface area (Å²) in [7, 11) is 0. The highest BCUT2D eigenvalue weighted by Crippen LogP contribution is 2.57. The predicted molar refractivity (Wildman–Crippen MR) is 50.7 cm³/mol. The summed E-state index contributed by atoms with van der Waals surface area (Å²) >= 11 is 0. The lowest BCUT2D eigenvalue weighted by Gasteiger charge is -2.43. The fraction of sp³-hybridized carbons (Fsp3) is 0.818. The number of hydrogen-bond acceptors (Lipinski definition) is 3.